The van der Waals surface area contributed by atoms with Gasteiger partial charge in [0.2, 0.25) is 0 Å². The van der Waals surface area contributed by atoms with Crippen LogP contribution in [0.15, 0.2) is 0 Å². The predicted octanol–water partition coefficient (Wildman–Crippen LogP) is 3.14. The van der Waals surface area contributed by atoms with Crippen molar-refractivity contribution < 1.29 is 9.90 Å². The third kappa shape index (κ3) is 3.47. The number of hydrogen-bond acceptors (Lipinski definition) is 2. The smallest absolute Gasteiger partial charge is 0.303 e. The molecule has 2 aliphatic rings. The Morgan fingerprint density at radius 1 is 1.28 bits per heavy atom. The second kappa shape index (κ2) is 5.60. The van der Waals surface area contributed by atoms with E-state index >= 15 is 0 Å². The Hall–Kier alpha value is -0.570. The highest BCUT2D eigenvalue weighted by Gasteiger charge is 2.45. The van der Waals surface area contributed by atoms with Gasteiger partial charge < -0.3 is 10.0 Å². The van der Waals surface area contributed by atoms with E-state index < -0.39 is 5.97 Å². The lowest BCUT2D eigenvalue weighted by Crippen LogP contribution is -2.39. The van der Waals surface area contributed by atoms with Crippen LogP contribution in [0.1, 0.15) is 58.3 Å². The molecule has 0 aromatic rings. The standard InChI is InChI=1S/C15H27NO2/c1-3-12-4-6-13(7-5-12)16(2)11-15(8-9-15)10-14(17)18/h12-13H,3-11H2,1-2H3,(H,17,18). The van der Waals surface area contributed by atoms with Gasteiger partial charge in [0.05, 0.1) is 6.42 Å². The van der Waals surface area contributed by atoms with Crippen molar-refractivity contribution in [2.75, 3.05) is 13.6 Å². The summed E-state index contributed by atoms with van der Waals surface area (Å²) in [7, 11) is 2.19. The molecule has 0 aromatic heterocycles. The molecule has 2 aliphatic carbocycles. The molecule has 0 radical (unpaired) electrons. The molecule has 0 aliphatic heterocycles. The molecule has 104 valence electrons. The van der Waals surface area contributed by atoms with Crippen LogP contribution in [-0.2, 0) is 4.79 Å². The number of carbonyl (C=O) groups is 1. The van der Waals surface area contributed by atoms with E-state index in [0.717, 1.165) is 25.3 Å². The van der Waals surface area contributed by atoms with E-state index in [1.54, 1.807) is 0 Å². The largest absolute Gasteiger partial charge is 0.481 e. The molecule has 0 unspecified atom stereocenters. The summed E-state index contributed by atoms with van der Waals surface area (Å²) in [6.07, 6.45) is 9.22. The van der Waals surface area contributed by atoms with Crippen molar-refractivity contribution in [1.29, 1.82) is 0 Å². The molecule has 0 heterocycles. The molecule has 2 saturated carbocycles. The Bertz CT molecular complexity index is 291. The molecule has 0 spiro atoms. The zero-order valence-corrected chi connectivity index (χ0v) is 11.8. The fraction of sp³-hybridized carbons (Fsp3) is 0.933. The number of hydrogen-bond donors (Lipinski definition) is 1. The molecule has 1 N–H and O–H groups in total. The van der Waals surface area contributed by atoms with Crippen molar-refractivity contribution in [3.8, 4) is 0 Å². The first kappa shape index (κ1) is 13.9. The Kier molecular flexibility index (Phi) is 4.31. The molecule has 0 saturated heterocycles. The van der Waals surface area contributed by atoms with Gasteiger partial charge >= 0.3 is 5.97 Å². The van der Waals surface area contributed by atoms with Crippen LogP contribution < -0.4 is 0 Å². The Morgan fingerprint density at radius 2 is 1.89 bits per heavy atom. The van der Waals surface area contributed by atoms with Crippen molar-refractivity contribution in [1.82, 2.24) is 4.90 Å². The molecule has 2 rings (SSSR count). The third-order valence-electron chi connectivity index (χ3n) is 5.09. The summed E-state index contributed by atoms with van der Waals surface area (Å²) >= 11 is 0. The van der Waals surface area contributed by atoms with Gasteiger partial charge in [0.15, 0.2) is 0 Å². The molecule has 18 heavy (non-hydrogen) atoms. The van der Waals surface area contributed by atoms with Crippen LogP contribution in [0.3, 0.4) is 0 Å². The number of rotatable bonds is 6. The topological polar surface area (TPSA) is 40.5 Å². The normalized spacial score (nSPS) is 30.4. The van der Waals surface area contributed by atoms with E-state index in [1.807, 2.05) is 0 Å². The van der Waals surface area contributed by atoms with Crippen molar-refractivity contribution >= 4 is 5.97 Å². The number of aliphatic carboxylic acids is 1. The minimum Gasteiger partial charge on any atom is -0.481 e. The summed E-state index contributed by atoms with van der Waals surface area (Å²) in [5, 5.41) is 8.96. The van der Waals surface area contributed by atoms with Crippen molar-refractivity contribution in [2.45, 2.75) is 64.3 Å². The summed E-state index contributed by atoms with van der Waals surface area (Å²) in [6.45, 7) is 3.28. The highest BCUT2D eigenvalue weighted by molar-refractivity contribution is 5.68. The molecular weight excluding hydrogens is 226 g/mol. The average Bonchev–Trinajstić information content (AvgIpc) is 3.07. The van der Waals surface area contributed by atoms with Crippen LogP contribution in [0.4, 0.5) is 0 Å². The Morgan fingerprint density at radius 3 is 2.33 bits per heavy atom. The summed E-state index contributed by atoms with van der Waals surface area (Å²) in [5.41, 5.74) is 0.113. The van der Waals surface area contributed by atoms with E-state index in [-0.39, 0.29) is 5.41 Å². The van der Waals surface area contributed by atoms with E-state index in [1.165, 1.54) is 32.1 Å². The molecule has 0 aromatic carbocycles. The number of carboxylic acid groups (broad SMARTS) is 1. The van der Waals surface area contributed by atoms with Gasteiger partial charge in [-0.05, 0) is 56.9 Å². The molecular formula is C15H27NO2. The molecule has 0 amide bonds. The monoisotopic (exact) mass is 253 g/mol. The second-order valence-electron chi connectivity index (χ2n) is 6.57. The maximum absolute atomic E-state index is 10.9. The lowest BCUT2D eigenvalue weighted by atomic mass is 9.83. The van der Waals surface area contributed by atoms with Crippen molar-refractivity contribution in [3.63, 3.8) is 0 Å². The van der Waals surface area contributed by atoms with Crippen LogP contribution in [0.25, 0.3) is 0 Å². The summed E-state index contributed by atoms with van der Waals surface area (Å²) < 4.78 is 0. The van der Waals surface area contributed by atoms with Crippen molar-refractivity contribution in [3.05, 3.63) is 0 Å². The van der Waals surface area contributed by atoms with Gasteiger partial charge in [0.25, 0.3) is 0 Å². The van der Waals surface area contributed by atoms with Gasteiger partial charge in [-0.1, -0.05) is 13.3 Å². The summed E-state index contributed by atoms with van der Waals surface area (Å²) in [5.74, 6) is 0.305. The highest BCUT2D eigenvalue weighted by Crippen LogP contribution is 2.49. The maximum Gasteiger partial charge on any atom is 0.303 e. The average molecular weight is 253 g/mol. The fourth-order valence-electron chi connectivity index (χ4n) is 3.54. The maximum atomic E-state index is 10.9. The van der Waals surface area contributed by atoms with Crippen LogP contribution in [-0.4, -0.2) is 35.6 Å². The Balaban J connectivity index is 1.78. The van der Waals surface area contributed by atoms with Crippen LogP contribution >= 0.6 is 0 Å². The molecule has 3 heteroatoms. The highest BCUT2D eigenvalue weighted by atomic mass is 16.4. The fourth-order valence-corrected chi connectivity index (χ4v) is 3.54. The minimum absolute atomic E-state index is 0.113. The van der Waals surface area contributed by atoms with E-state index in [2.05, 4.69) is 18.9 Å². The molecule has 3 nitrogen and oxygen atoms in total. The predicted molar refractivity (Wildman–Crippen MR) is 72.6 cm³/mol. The zero-order chi connectivity index (χ0) is 13.2. The first-order valence-electron chi connectivity index (χ1n) is 7.47. The minimum atomic E-state index is -0.629. The van der Waals surface area contributed by atoms with Gasteiger partial charge in [-0.3, -0.25) is 4.79 Å². The van der Waals surface area contributed by atoms with E-state index in [4.69, 9.17) is 5.11 Å². The Labute approximate surface area is 111 Å². The molecule has 0 atom stereocenters. The van der Waals surface area contributed by atoms with Gasteiger partial charge in [0, 0.05) is 12.6 Å². The van der Waals surface area contributed by atoms with Crippen molar-refractivity contribution in [2.24, 2.45) is 11.3 Å². The van der Waals surface area contributed by atoms with Crippen LogP contribution in [0, 0.1) is 11.3 Å². The lowest BCUT2D eigenvalue weighted by molar-refractivity contribution is -0.138. The van der Waals surface area contributed by atoms with Gasteiger partial charge in [-0.15, -0.1) is 0 Å². The zero-order valence-electron chi connectivity index (χ0n) is 11.8. The van der Waals surface area contributed by atoms with E-state index in [0.29, 0.717) is 12.5 Å². The number of carboxylic acids is 1. The first-order chi connectivity index (χ1) is 8.54. The lowest BCUT2D eigenvalue weighted by Gasteiger charge is -2.36. The van der Waals surface area contributed by atoms with Gasteiger partial charge in [0.1, 0.15) is 0 Å². The number of nitrogens with zero attached hydrogens (tertiary/aromatic N) is 1. The first-order valence-corrected chi connectivity index (χ1v) is 7.47. The van der Waals surface area contributed by atoms with Crippen LogP contribution in [0.2, 0.25) is 0 Å². The van der Waals surface area contributed by atoms with Gasteiger partial charge in [-0.2, -0.15) is 0 Å². The quantitative estimate of drug-likeness (QED) is 0.790. The van der Waals surface area contributed by atoms with E-state index in [9.17, 15) is 4.79 Å². The second-order valence-corrected chi connectivity index (χ2v) is 6.57. The summed E-state index contributed by atoms with van der Waals surface area (Å²) in [6, 6.07) is 0.694. The summed E-state index contributed by atoms with van der Waals surface area (Å²) in [4.78, 5) is 13.3. The van der Waals surface area contributed by atoms with Crippen LogP contribution in [0.5, 0.6) is 0 Å². The third-order valence-corrected chi connectivity index (χ3v) is 5.09. The van der Waals surface area contributed by atoms with Gasteiger partial charge in [-0.25, -0.2) is 0 Å². The molecule has 0 bridgehead atoms. The molecule has 2 fully saturated rings. The SMILES string of the molecule is CCC1CCC(N(C)CC2(CC(=O)O)CC2)CC1.